The molecule has 14 nitrogen and oxygen atoms in total. The molecule has 0 saturated carbocycles. The van der Waals surface area contributed by atoms with Crippen LogP contribution >= 0.6 is 15.9 Å². The highest BCUT2D eigenvalue weighted by Gasteiger charge is 2.29. The van der Waals surface area contributed by atoms with Crippen LogP contribution in [0.3, 0.4) is 0 Å². The van der Waals surface area contributed by atoms with Crippen molar-refractivity contribution in [1.82, 2.24) is 25.1 Å². The van der Waals surface area contributed by atoms with E-state index in [9.17, 15) is 18.3 Å². The van der Waals surface area contributed by atoms with Gasteiger partial charge in [-0.1, -0.05) is 0 Å². The third kappa shape index (κ3) is 8.40. The van der Waals surface area contributed by atoms with Crippen molar-refractivity contribution in [2.75, 3.05) is 52.2 Å². The fourth-order valence-electron chi connectivity index (χ4n) is 4.79. The van der Waals surface area contributed by atoms with Crippen molar-refractivity contribution >= 4 is 66.6 Å². The molecule has 0 aliphatic carbocycles. The molecule has 3 heterocycles. The van der Waals surface area contributed by atoms with Crippen LogP contribution in [0.15, 0.2) is 53.4 Å². The number of aromatic hydroxyl groups is 1. The molecule has 0 unspecified atom stereocenters. The first-order valence-corrected chi connectivity index (χ1v) is 17.1. The quantitative estimate of drug-likeness (QED) is 0.132. The molecule has 1 aliphatic rings. The van der Waals surface area contributed by atoms with Crippen LogP contribution < -0.4 is 20.3 Å². The van der Waals surface area contributed by atoms with E-state index in [1.807, 2.05) is 25.7 Å². The number of sulfonamides is 1. The van der Waals surface area contributed by atoms with Crippen molar-refractivity contribution in [1.29, 1.82) is 0 Å². The lowest BCUT2D eigenvalue weighted by Crippen LogP contribution is -2.50. The van der Waals surface area contributed by atoms with Gasteiger partial charge in [0.2, 0.25) is 16.0 Å². The number of H-pyrrole nitrogens is 1. The number of anilines is 6. The van der Waals surface area contributed by atoms with E-state index in [2.05, 4.69) is 51.5 Å². The summed E-state index contributed by atoms with van der Waals surface area (Å²) in [4.78, 5) is 24.9. The molecular weight excluding hydrogens is 697 g/mol. The zero-order valence-corrected chi connectivity index (χ0v) is 28.5. The van der Waals surface area contributed by atoms with Gasteiger partial charge in [0.05, 0.1) is 33.5 Å². The lowest BCUT2D eigenvalue weighted by atomic mass is 10.0. The van der Waals surface area contributed by atoms with Gasteiger partial charge >= 0.3 is 6.09 Å². The summed E-state index contributed by atoms with van der Waals surface area (Å²) in [5.41, 5.74) is 1.80. The minimum atomic E-state index is -3.64. The van der Waals surface area contributed by atoms with E-state index in [1.165, 1.54) is 37.4 Å². The van der Waals surface area contributed by atoms with Gasteiger partial charge < -0.3 is 30.3 Å². The molecule has 5 N–H and O–H groups in total. The molecule has 1 fully saturated rings. The number of amides is 1. The minimum Gasteiger partial charge on any atom is -0.508 e. The number of carbonyl (C=O) groups excluding carboxylic acids is 1. The Kier molecular flexibility index (Phi) is 9.76. The van der Waals surface area contributed by atoms with Crippen molar-refractivity contribution < 1.29 is 27.4 Å². The molecule has 250 valence electrons. The van der Waals surface area contributed by atoms with E-state index < -0.39 is 27.5 Å². The number of phenols is 1. The number of aromatic amines is 1. The smallest absolute Gasteiger partial charge is 0.410 e. The predicted molar refractivity (Wildman–Crippen MR) is 181 cm³/mol. The summed E-state index contributed by atoms with van der Waals surface area (Å²) in [6.45, 7) is 8.45. The molecule has 0 radical (unpaired) electrons. The van der Waals surface area contributed by atoms with Gasteiger partial charge in [-0.3, -0.25) is 9.82 Å². The Morgan fingerprint density at radius 2 is 1.85 bits per heavy atom. The van der Waals surface area contributed by atoms with Crippen LogP contribution in [0.25, 0.3) is 11.1 Å². The van der Waals surface area contributed by atoms with Gasteiger partial charge in [0.1, 0.15) is 23.0 Å². The van der Waals surface area contributed by atoms with Crippen LogP contribution in [-0.4, -0.2) is 82.2 Å². The Balaban J connectivity index is 1.40. The molecule has 1 saturated heterocycles. The number of rotatable bonds is 9. The molecule has 0 bridgehead atoms. The third-order valence-electron chi connectivity index (χ3n) is 7.02. The second-order valence-electron chi connectivity index (χ2n) is 11.7. The van der Waals surface area contributed by atoms with Crippen LogP contribution in [0, 0.1) is 5.82 Å². The largest absolute Gasteiger partial charge is 0.508 e. The van der Waals surface area contributed by atoms with E-state index >= 15 is 4.39 Å². The maximum Gasteiger partial charge on any atom is 0.410 e. The summed E-state index contributed by atoms with van der Waals surface area (Å²) in [7, 11) is -3.64. The summed E-state index contributed by atoms with van der Waals surface area (Å²) < 4.78 is 48.9. The monoisotopic (exact) mass is 731 g/mol. The Hall–Kier alpha value is -4.64. The fourth-order valence-corrected chi connectivity index (χ4v) is 5.73. The first-order valence-electron chi connectivity index (χ1n) is 14.7. The fraction of sp³-hybridized carbons (Fsp3) is 0.333. The Bertz CT molecular complexity index is 1860. The molecule has 2 aromatic carbocycles. The highest BCUT2D eigenvalue weighted by molar-refractivity contribution is 9.10. The minimum absolute atomic E-state index is 0.126. The van der Waals surface area contributed by atoms with Crippen molar-refractivity contribution in [3.8, 4) is 16.9 Å². The zero-order chi connectivity index (χ0) is 33.9. The Labute approximate surface area is 279 Å². The Morgan fingerprint density at radius 1 is 1.11 bits per heavy atom. The number of hydrogen-bond acceptors (Lipinski definition) is 11. The van der Waals surface area contributed by atoms with Crippen LogP contribution in [0.5, 0.6) is 5.75 Å². The molecule has 1 aliphatic heterocycles. The highest BCUT2D eigenvalue weighted by atomic mass is 79.9. The number of nitrogens with zero attached hydrogens (tertiary/aromatic N) is 5. The normalized spacial score (nSPS) is 13.7. The lowest BCUT2D eigenvalue weighted by molar-refractivity contribution is 0.0240. The van der Waals surface area contributed by atoms with Crippen LogP contribution in [0.1, 0.15) is 27.7 Å². The number of hydrogen-bond donors (Lipinski definition) is 5. The third-order valence-corrected chi connectivity index (χ3v) is 8.89. The van der Waals surface area contributed by atoms with E-state index in [4.69, 9.17) is 4.74 Å². The molecule has 5 rings (SSSR count). The van der Waals surface area contributed by atoms with Gasteiger partial charge in [0, 0.05) is 61.5 Å². The van der Waals surface area contributed by atoms with Gasteiger partial charge in [0.15, 0.2) is 0 Å². The molecule has 17 heteroatoms. The number of aromatic nitrogens is 4. The van der Waals surface area contributed by atoms with Gasteiger partial charge in [-0.25, -0.2) is 22.6 Å². The van der Waals surface area contributed by atoms with E-state index in [-0.39, 0.29) is 29.0 Å². The number of phenolic OH excluding ortho intramolecular Hbond substituents is 1. The van der Waals surface area contributed by atoms with Crippen molar-refractivity contribution in [2.45, 2.75) is 33.3 Å². The van der Waals surface area contributed by atoms with Crippen molar-refractivity contribution in [2.24, 2.45) is 0 Å². The van der Waals surface area contributed by atoms with Gasteiger partial charge in [0.25, 0.3) is 0 Å². The van der Waals surface area contributed by atoms with Gasteiger partial charge in [-0.15, -0.1) is 0 Å². The van der Waals surface area contributed by atoms with Crippen LogP contribution in [0.4, 0.5) is 43.7 Å². The predicted octanol–water partition coefficient (Wildman–Crippen LogP) is 5.78. The number of benzene rings is 2. The van der Waals surface area contributed by atoms with Crippen molar-refractivity contribution in [3.63, 3.8) is 0 Å². The van der Waals surface area contributed by atoms with Crippen LogP contribution in [0.2, 0.25) is 0 Å². The standard InChI is InChI=1S/C30H35BrFN9O5S/c1-5-47(44,45)39-25-14-20(42)6-7-24(25)37-27-22(31)17-33-28(38-27)36-19-12-21(18-15-34-35-16-18)26(23(32)13-19)40-8-10-41(11-9-40)29(43)46-30(2,3)4/h6-7,12-17,39,42H,5,8-11H2,1-4H3,(H,34,35)(H2,33,36,37,38). The second kappa shape index (κ2) is 13.6. The molecule has 1 amide bonds. The van der Waals surface area contributed by atoms with Gasteiger partial charge in [-0.2, -0.15) is 10.1 Å². The second-order valence-corrected chi connectivity index (χ2v) is 14.5. The van der Waals surface area contributed by atoms with E-state index in [1.54, 1.807) is 23.4 Å². The SMILES string of the molecule is CCS(=O)(=O)Nc1cc(O)ccc1Nc1nc(Nc2cc(F)c(N3CCN(C(=O)OC(C)(C)C)CC3)c(-c3cn[nH]c3)c2)ncc1Br. The topological polar surface area (TPSA) is 178 Å². The summed E-state index contributed by atoms with van der Waals surface area (Å²) in [6.07, 6.45) is 4.34. The summed E-state index contributed by atoms with van der Waals surface area (Å²) in [5, 5.41) is 22.9. The average molecular weight is 733 g/mol. The van der Waals surface area contributed by atoms with Gasteiger partial charge in [-0.05, 0) is 67.9 Å². The summed E-state index contributed by atoms with van der Waals surface area (Å²) >= 11 is 3.41. The molecule has 47 heavy (non-hydrogen) atoms. The molecular formula is C30H35BrFN9O5S. The number of halogens is 2. The molecule has 0 spiro atoms. The lowest BCUT2D eigenvalue weighted by Gasteiger charge is -2.37. The molecule has 2 aromatic heterocycles. The molecule has 0 atom stereocenters. The summed E-state index contributed by atoms with van der Waals surface area (Å²) in [5.74, 6) is -0.380. The maximum atomic E-state index is 16.0. The van der Waals surface area contributed by atoms with E-state index in [0.717, 1.165) is 0 Å². The highest BCUT2D eigenvalue weighted by Crippen LogP contribution is 2.38. The number of ether oxygens (including phenoxy) is 1. The maximum absolute atomic E-state index is 16.0. The Morgan fingerprint density at radius 3 is 2.51 bits per heavy atom. The first-order chi connectivity index (χ1) is 22.2. The van der Waals surface area contributed by atoms with Crippen LogP contribution in [-0.2, 0) is 14.8 Å². The van der Waals surface area contributed by atoms with Crippen molar-refractivity contribution in [3.05, 3.63) is 59.2 Å². The average Bonchev–Trinajstić information content (AvgIpc) is 3.54. The number of carbonyl (C=O) groups is 1. The number of nitrogens with one attached hydrogen (secondary N) is 4. The molecule has 4 aromatic rings. The number of piperazine rings is 1. The zero-order valence-electron chi connectivity index (χ0n) is 26.1. The first kappa shape index (κ1) is 33.7. The van der Waals surface area contributed by atoms with E-state index in [0.29, 0.717) is 58.8 Å². The summed E-state index contributed by atoms with van der Waals surface area (Å²) in [6, 6.07) is 7.29.